The molecule has 1 aliphatic carbocycles. The predicted molar refractivity (Wildman–Crippen MR) is 166 cm³/mol. The molecule has 0 radical (unpaired) electrons. The van der Waals surface area contributed by atoms with Crippen molar-refractivity contribution in [3.63, 3.8) is 0 Å². The molecule has 43 heavy (non-hydrogen) atoms. The molecule has 2 saturated heterocycles. The van der Waals surface area contributed by atoms with E-state index in [-0.39, 0.29) is 17.7 Å². The zero-order valence-corrected chi connectivity index (χ0v) is 26.0. The summed E-state index contributed by atoms with van der Waals surface area (Å²) in [5.41, 5.74) is 0.948. The summed E-state index contributed by atoms with van der Waals surface area (Å²) in [7, 11) is -3.01. The lowest BCUT2D eigenvalue weighted by Crippen LogP contribution is -2.51. The summed E-state index contributed by atoms with van der Waals surface area (Å²) < 4.78 is 36.7. The van der Waals surface area contributed by atoms with Gasteiger partial charge in [0.15, 0.2) is 0 Å². The highest BCUT2D eigenvalue weighted by atomic mass is 32.2. The summed E-state index contributed by atoms with van der Waals surface area (Å²) in [5.74, 6) is 2.61. The third kappa shape index (κ3) is 6.82. The Balaban J connectivity index is 1.05. The molecule has 0 spiro atoms. The zero-order valence-electron chi connectivity index (χ0n) is 25.2. The number of piperidine rings is 1. The topological polar surface area (TPSA) is 116 Å². The molecule has 3 fully saturated rings. The van der Waals surface area contributed by atoms with Crippen molar-refractivity contribution in [2.45, 2.75) is 88.9 Å². The van der Waals surface area contributed by atoms with E-state index in [2.05, 4.69) is 22.1 Å². The SMILES string of the molecule is CCOC1CC2CCC(C1)N2C(=O)[C@H]1CC[C@H](Nc2nccc(-n3ccc4c(OCCCS(C)(=O)=O)cccc43)n2)CC1. The number of carbonyl (C=O) groups excluding carboxylic acids is 1. The second kappa shape index (κ2) is 12.8. The zero-order chi connectivity index (χ0) is 30.0. The highest BCUT2D eigenvalue weighted by Crippen LogP contribution is 2.40. The van der Waals surface area contributed by atoms with Gasteiger partial charge in [-0.1, -0.05) is 6.07 Å². The molecule has 2 aromatic heterocycles. The van der Waals surface area contributed by atoms with Gasteiger partial charge in [0.05, 0.1) is 24.0 Å². The molecule has 232 valence electrons. The maximum Gasteiger partial charge on any atom is 0.226 e. The van der Waals surface area contributed by atoms with Gasteiger partial charge < -0.3 is 24.3 Å². The Morgan fingerprint density at radius 1 is 1.05 bits per heavy atom. The van der Waals surface area contributed by atoms with Crippen LogP contribution in [-0.4, -0.2) is 83.2 Å². The molecule has 3 aromatic rings. The highest BCUT2D eigenvalue weighted by Gasteiger charge is 2.45. The third-order valence-electron chi connectivity index (χ3n) is 9.25. The Labute approximate surface area is 254 Å². The van der Waals surface area contributed by atoms with E-state index in [0.717, 1.165) is 80.4 Å². The Morgan fingerprint density at radius 2 is 1.81 bits per heavy atom. The fourth-order valence-corrected chi connectivity index (χ4v) is 7.90. The quantitative estimate of drug-likeness (QED) is 0.310. The highest BCUT2D eigenvalue weighted by molar-refractivity contribution is 7.90. The molecule has 11 heteroatoms. The maximum atomic E-state index is 13.6. The van der Waals surface area contributed by atoms with E-state index >= 15 is 0 Å². The maximum absolute atomic E-state index is 13.6. The fraction of sp³-hybridized carbons (Fsp3) is 0.594. The average molecular weight is 610 g/mol. The van der Waals surface area contributed by atoms with Gasteiger partial charge in [0.25, 0.3) is 0 Å². The summed E-state index contributed by atoms with van der Waals surface area (Å²) in [4.78, 5) is 25.1. The lowest BCUT2D eigenvalue weighted by molar-refractivity contribution is -0.143. The van der Waals surface area contributed by atoms with Crippen molar-refractivity contribution in [1.82, 2.24) is 19.4 Å². The smallest absolute Gasteiger partial charge is 0.226 e. The average Bonchev–Trinajstić information content (AvgIpc) is 3.54. The number of anilines is 1. The lowest BCUT2D eigenvalue weighted by Gasteiger charge is -2.41. The number of carbonyl (C=O) groups is 1. The van der Waals surface area contributed by atoms with Crippen LogP contribution in [0.4, 0.5) is 5.95 Å². The van der Waals surface area contributed by atoms with Crippen LogP contribution in [0.2, 0.25) is 0 Å². The minimum absolute atomic E-state index is 0.103. The molecule has 4 heterocycles. The van der Waals surface area contributed by atoms with Gasteiger partial charge in [0.2, 0.25) is 11.9 Å². The van der Waals surface area contributed by atoms with E-state index in [1.54, 1.807) is 6.20 Å². The summed E-state index contributed by atoms with van der Waals surface area (Å²) in [6.45, 7) is 3.13. The van der Waals surface area contributed by atoms with Gasteiger partial charge in [0.1, 0.15) is 21.4 Å². The summed E-state index contributed by atoms with van der Waals surface area (Å²) in [6.07, 6.45) is 13.5. The molecular formula is C32H43N5O5S. The van der Waals surface area contributed by atoms with Crippen molar-refractivity contribution < 1.29 is 22.7 Å². The van der Waals surface area contributed by atoms with Crippen LogP contribution in [0.5, 0.6) is 5.75 Å². The summed E-state index contributed by atoms with van der Waals surface area (Å²) in [5, 5.41) is 4.47. The van der Waals surface area contributed by atoms with Crippen LogP contribution in [0.1, 0.15) is 64.7 Å². The lowest BCUT2D eigenvalue weighted by atomic mass is 9.84. The molecular weight excluding hydrogens is 566 g/mol. The minimum Gasteiger partial charge on any atom is -0.493 e. The number of hydrogen-bond acceptors (Lipinski definition) is 8. The third-order valence-corrected chi connectivity index (χ3v) is 10.3. The fourth-order valence-electron chi connectivity index (χ4n) is 7.26. The first kappa shape index (κ1) is 29.9. The van der Waals surface area contributed by atoms with Crippen molar-refractivity contribution in [3.8, 4) is 11.6 Å². The Morgan fingerprint density at radius 3 is 2.53 bits per heavy atom. The van der Waals surface area contributed by atoms with Crippen LogP contribution < -0.4 is 10.1 Å². The first-order valence-electron chi connectivity index (χ1n) is 15.7. The van der Waals surface area contributed by atoms with Gasteiger partial charge in [-0.15, -0.1) is 0 Å². The Hall–Kier alpha value is -3.18. The van der Waals surface area contributed by atoms with Gasteiger partial charge in [-0.05, 0) is 89.0 Å². The van der Waals surface area contributed by atoms with Gasteiger partial charge in [-0.25, -0.2) is 13.4 Å². The number of nitrogens with one attached hydrogen (secondary N) is 1. The number of sulfone groups is 1. The van der Waals surface area contributed by atoms with E-state index in [4.69, 9.17) is 14.5 Å². The van der Waals surface area contributed by atoms with Gasteiger partial charge >= 0.3 is 0 Å². The molecule has 2 unspecified atom stereocenters. The van der Waals surface area contributed by atoms with Gasteiger partial charge in [-0.3, -0.25) is 4.79 Å². The summed E-state index contributed by atoms with van der Waals surface area (Å²) in [6, 6.07) is 10.6. The molecule has 2 bridgehead atoms. The predicted octanol–water partition coefficient (Wildman–Crippen LogP) is 4.76. The molecule has 1 aromatic carbocycles. The molecule has 1 amide bonds. The minimum atomic E-state index is -3.01. The number of ether oxygens (including phenoxy) is 2. The van der Waals surface area contributed by atoms with Crippen LogP contribution in [-0.2, 0) is 19.4 Å². The molecule has 1 saturated carbocycles. The van der Waals surface area contributed by atoms with Crippen LogP contribution >= 0.6 is 0 Å². The van der Waals surface area contributed by atoms with Crippen molar-refractivity contribution in [2.24, 2.45) is 5.92 Å². The largest absolute Gasteiger partial charge is 0.493 e. The van der Waals surface area contributed by atoms with Crippen LogP contribution in [0.3, 0.4) is 0 Å². The van der Waals surface area contributed by atoms with E-state index in [0.29, 0.717) is 43.1 Å². The number of benzene rings is 1. The van der Waals surface area contributed by atoms with Gasteiger partial charge in [-0.2, -0.15) is 4.98 Å². The second-order valence-electron chi connectivity index (χ2n) is 12.3. The standard InChI is InChI=1S/C32H43N5O5S/c1-3-41-26-20-24-12-13-25(21-26)37(24)31(38)22-8-10-23(11-9-22)34-32-33-16-14-30(35-32)36-17-15-27-28(36)6-4-7-29(27)42-18-5-19-43(2,39)40/h4,6-7,14-17,22-26H,3,5,8-13,18-21H2,1-2H3,(H,33,34,35)/t22-,23-,24?,25?,26?. The molecule has 3 aliphatic rings. The van der Waals surface area contributed by atoms with Crippen molar-refractivity contribution in [3.05, 3.63) is 42.7 Å². The Kier molecular flexibility index (Phi) is 8.90. The Bertz CT molecular complexity index is 1520. The number of aromatic nitrogens is 3. The molecule has 10 nitrogen and oxygen atoms in total. The van der Waals surface area contributed by atoms with Crippen molar-refractivity contribution in [1.29, 1.82) is 0 Å². The van der Waals surface area contributed by atoms with E-state index in [1.165, 1.54) is 6.26 Å². The molecule has 2 atom stereocenters. The molecule has 1 N–H and O–H groups in total. The first-order chi connectivity index (χ1) is 20.8. The van der Waals surface area contributed by atoms with Gasteiger partial charge in [0, 0.05) is 54.7 Å². The van der Waals surface area contributed by atoms with E-state index in [1.807, 2.05) is 41.1 Å². The number of hydrogen-bond donors (Lipinski definition) is 1. The van der Waals surface area contributed by atoms with E-state index < -0.39 is 9.84 Å². The van der Waals surface area contributed by atoms with E-state index in [9.17, 15) is 13.2 Å². The summed E-state index contributed by atoms with van der Waals surface area (Å²) >= 11 is 0. The van der Waals surface area contributed by atoms with Crippen LogP contribution in [0, 0.1) is 5.92 Å². The van der Waals surface area contributed by atoms with Crippen molar-refractivity contribution >= 4 is 32.6 Å². The normalized spacial score (nSPS) is 25.6. The number of amides is 1. The number of rotatable bonds is 11. The monoisotopic (exact) mass is 609 g/mol. The number of fused-ring (bicyclic) bond motifs is 3. The van der Waals surface area contributed by atoms with Crippen molar-refractivity contribution in [2.75, 3.05) is 30.5 Å². The molecule has 6 rings (SSSR count). The van der Waals surface area contributed by atoms with Crippen LogP contribution in [0.25, 0.3) is 16.7 Å². The molecule has 2 aliphatic heterocycles. The second-order valence-corrected chi connectivity index (χ2v) is 14.6. The number of nitrogens with zero attached hydrogens (tertiary/aromatic N) is 4. The first-order valence-corrected chi connectivity index (χ1v) is 17.8. The van der Waals surface area contributed by atoms with Crippen LogP contribution in [0.15, 0.2) is 42.7 Å².